The van der Waals surface area contributed by atoms with Gasteiger partial charge in [-0.15, -0.1) is 11.3 Å². The Kier molecular flexibility index (Phi) is 7.12. The van der Waals surface area contributed by atoms with Crippen LogP contribution in [0.4, 0.5) is 5.69 Å². The van der Waals surface area contributed by atoms with E-state index in [1.807, 2.05) is 23.6 Å². The zero-order valence-corrected chi connectivity index (χ0v) is 22.8. The van der Waals surface area contributed by atoms with Crippen LogP contribution < -0.4 is 20.2 Å². The second-order valence-electron chi connectivity index (χ2n) is 11.2. The third kappa shape index (κ3) is 5.57. The second-order valence-corrected chi connectivity index (χ2v) is 12.1. The van der Waals surface area contributed by atoms with Gasteiger partial charge in [-0.3, -0.25) is 9.59 Å². The van der Waals surface area contributed by atoms with Crippen LogP contribution in [0.25, 0.3) is 0 Å². The van der Waals surface area contributed by atoms with Gasteiger partial charge in [0, 0.05) is 5.69 Å². The highest BCUT2D eigenvalue weighted by molar-refractivity contribution is 7.12. The van der Waals surface area contributed by atoms with Gasteiger partial charge in [-0.2, -0.15) is 5.10 Å². The summed E-state index contributed by atoms with van der Waals surface area (Å²) in [6.07, 6.45) is 9.81. The van der Waals surface area contributed by atoms with Gasteiger partial charge >= 0.3 is 0 Å². The first-order chi connectivity index (χ1) is 19.0. The molecule has 7 nitrogen and oxygen atoms in total. The molecule has 4 bridgehead atoms. The van der Waals surface area contributed by atoms with Crippen LogP contribution in [0.5, 0.6) is 11.5 Å². The lowest BCUT2D eigenvalue weighted by molar-refractivity contribution is -0.118. The van der Waals surface area contributed by atoms with E-state index in [1.165, 1.54) is 68.7 Å². The minimum atomic E-state index is -0.262. The summed E-state index contributed by atoms with van der Waals surface area (Å²) in [7, 11) is 1.53. The highest BCUT2D eigenvalue weighted by Crippen LogP contribution is 2.60. The SMILES string of the molecule is COc1cc(/C=N/NC(=O)c2cccs2)ccc1OCC(=O)Nc1ccc(C23CC4CC(CC(C4)C2)C3)cc1. The van der Waals surface area contributed by atoms with E-state index < -0.39 is 0 Å². The minimum Gasteiger partial charge on any atom is -0.493 e. The molecule has 1 aromatic heterocycles. The predicted octanol–water partition coefficient (Wildman–Crippen LogP) is 6.01. The van der Waals surface area contributed by atoms with Crippen molar-refractivity contribution < 1.29 is 19.1 Å². The fraction of sp³-hybridized carbons (Fsp3) is 0.387. The van der Waals surface area contributed by atoms with Gasteiger partial charge in [-0.05, 0) is 115 Å². The Hall–Kier alpha value is -3.65. The molecule has 8 heteroatoms. The number of benzene rings is 2. The Morgan fingerprint density at radius 3 is 2.36 bits per heavy atom. The average Bonchev–Trinajstić information content (AvgIpc) is 3.47. The number of methoxy groups -OCH3 is 1. The summed E-state index contributed by atoms with van der Waals surface area (Å²) in [5.74, 6) is 3.14. The van der Waals surface area contributed by atoms with Crippen molar-refractivity contribution in [3.63, 3.8) is 0 Å². The van der Waals surface area contributed by atoms with Crippen molar-refractivity contribution in [2.24, 2.45) is 22.9 Å². The summed E-state index contributed by atoms with van der Waals surface area (Å²) in [4.78, 5) is 25.2. The zero-order chi connectivity index (χ0) is 26.8. The molecule has 7 rings (SSSR count). The van der Waals surface area contributed by atoms with Gasteiger partial charge in [0.15, 0.2) is 18.1 Å². The summed E-state index contributed by atoms with van der Waals surface area (Å²) in [6, 6.07) is 17.3. The zero-order valence-electron chi connectivity index (χ0n) is 22.0. The lowest BCUT2D eigenvalue weighted by Crippen LogP contribution is -2.48. The molecule has 39 heavy (non-hydrogen) atoms. The van der Waals surface area contributed by atoms with Crippen LogP contribution in [0.3, 0.4) is 0 Å². The van der Waals surface area contributed by atoms with E-state index in [4.69, 9.17) is 9.47 Å². The van der Waals surface area contributed by atoms with E-state index in [0.717, 1.165) is 23.4 Å². The standard InChI is InChI=1S/C31H33N3O4S/c1-37-27-14-20(18-32-34-30(36)28-3-2-10-39-28)4-9-26(27)38-19-29(35)33-25-7-5-24(6-8-25)31-15-21-11-22(16-31)13-23(12-21)17-31/h2-10,14,18,21-23H,11-13,15-17,19H2,1H3,(H,33,35)(H,34,36)/b32-18+. The Bertz CT molecular complexity index is 1330. The van der Waals surface area contributed by atoms with Crippen LogP contribution >= 0.6 is 11.3 Å². The Morgan fingerprint density at radius 1 is 1.00 bits per heavy atom. The van der Waals surface area contributed by atoms with Gasteiger partial charge in [0.05, 0.1) is 18.2 Å². The molecular formula is C31H33N3O4S. The molecule has 4 saturated carbocycles. The molecule has 2 N–H and O–H groups in total. The third-order valence-corrected chi connectivity index (χ3v) is 9.36. The smallest absolute Gasteiger partial charge is 0.281 e. The number of hydrogen-bond acceptors (Lipinski definition) is 6. The number of ether oxygens (including phenoxy) is 2. The highest BCUT2D eigenvalue weighted by Gasteiger charge is 2.51. The van der Waals surface area contributed by atoms with Crippen molar-refractivity contribution in [3.05, 3.63) is 76.0 Å². The van der Waals surface area contributed by atoms with Crippen molar-refractivity contribution in [1.29, 1.82) is 0 Å². The molecule has 4 fully saturated rings. The number of hydrogen-bond donors (Lipinski definition) is 2. The Labute approximate surface area is 232 Å². The molecule has 0 atom stereocenters. The number of thiophene rings is 1. The molecule has 0 unspecified atom stereocenters. The average molecular weight is 544 g/mol. The quantitative estimate of drug-likeness (QED) is 0.256. The largest absolute Gasteiger partial charge is 0.493 e. The summed E-state index contributed by atoms with van der Waals surface area (Å²) >= 11 is 1.35. The summed E-state index contributed by atoms with van der Waals surface area (Å²) in [5.41, 5.74) is 5.79. The molecule has 2 aromatic carbocycles. The number of nitrogens with zero attached hydrogens (tertiary/aromatic N) is 1. The molecule has 4 aliphatic carbocycles. The topological polar surface area (TPSA) is 89.0 Å². The molecular weight excluding hydrogens is 510 g/mol. The second kappa shape index (κ2) is 10.8. The molecule has 4 aliphatic rings. The maximum Gasteiger partial charge on any atom is 0.281 e. The fourth-order valence-corrected chi connectivity index (χ4v) is 7.84. The fourth-order valence-electron chi connectivity index (χ4n) is 7.22. The molecule has 1 heterocycles. The van der Waals surface area contributed by atoms with E-state index in [2.05, 4.69) is 28.0 Å². The number of amides is 2. The van der Waals surface area contributed by atoms with Crippen molar-refractivity contribution in [2.75, 3.05) is 19.0 Å². The number of carbonyl (C=O) groups excluding carboxylic acids is 2. The number of nitrogens with one attached hydrogen (secondary N) is 2. The Morgan fingerprint density at radius 2 is 1.72 bits per heavy atom. The van der Waals surface area contributed by atoms with Crippen LogP contribution in [-0.2, 0) is 10.2 Å². The molecule has 3 aromatic rings. The van der Waals surface area contributed by atoms with Crippen LogP contribution in [0.2, 0.25) is 0 Å². The van der Waals surface area contributed by atoms with Crippen molar-refractivity contribution in [2.45, 2.75) is 43.9 Å². The van der Waals surface area contributed by atoms with E-state index >= 15 is 0 Å². The van der Waals surface area contributed by atoms with Gasteiger partial charge in [0.25, 0.3) is 11.8 Å². The normalized spacial score (nSPS) is 25.0. The van der Waals surface area contributed by atoms with Crippen LogP contribution in [0.1, 0.15) is 59.3 Å². The van der Waals surface area contributed by atoms with Crippen molar-refractivity contribution in [3.8, 4) is 11.5 Å². The molecule has 0 aliphatic heterocycles. The summed E-state index contributed by atoms with van der Waals surface area (Å²) in [5, 5.41) is 8.79. The molecule has 0 spiro atoms. The minimum absolute atomic E-state index is 0.141. The summed E-state index contributed by atoms with van der Waals surface area (Å²) in [6.45, 7) is -0.141. The van der Waals surface area contributed by atoms with Crippen molar-refractivity contribution >= 4 is 35.1 Å². The predicted molar refractivity (Wildman–Crippen MR) is 153 cm³/mol. The number of anilines is 1. The number of hydrazone groups is 1. The van der Waals surface area contributed by atoms with Gasteiger partial charge in [0.1, 0.15) is 0 Å². The van der Waals surface area contributed by atoms with Crippen LogP contribution in [0, 0.1) is 17.8 Å². The van der Waals surface area contributed by atoms with Gasteiger partial charge in [-0.1, -0.05) is 18.2 Å². The lowest BCUT2D eigenvalue weighted by Gasteiger charge is -2.57. The molecule has 2 amide bonds. The lowest BCUT2D eigenvalue weighted by atomic mass is 9.48. The molecule has 0 saturated heterocycles. The third-order valence-electron chi connectivity index (χ3n) is 8.49. The maximum atomic E-state index is 12.6. The number of rotatable bonds is 9. The van der Waals surface area contributed by atoms with Gasteiger partial charge in [0.2, 0.25) is 0 Å². The van der Waals surface area contributed by atoms with E-state index in [-0.39, 0.29) is 18.4 Å². The molecule has 202 valence electrons. The highest BCUT2D eigenvalue weighted by atomic mass is 32.1. The summed E-state index contributed by atoms with van der Waals surface area (Å²) < 4.78 is 11.2. The molecule has 0 radical (unpaired) electrons. The van der Waals surface area contributed by atoms with E-state index in [9.17, 15) is 9.59 Å². The first-order valence-corrected chi connectivity index (χ1v) is 14.5. The first-order valence-electron chi connectivity index (χ1n) is 13.6. The van der Waals surface area contributed by atoms with E-state index in [1.54, 1.807) is 24.3 Å². The van der Waals surface area contributed by atoms with Gasteiger partial charge in [-0.25, -0.2) is 5.43 Å². The van der Waals surface area contributed by atoms with Crippen LogP contribution in [-0.4, -0.2) is 31.7 Å². The maximum absolute atomic E-state index is 12.6. The van der Waals surface area contributed by atoms with Crippen LogP contribution in [0.15, 0.2) is 65.1 Å². The van der Waals surface area contributed by atoms with Gasteiger partial charge < -0.3 is 14.8 Å². The van der Waals surface area contributed by atoms with Crippen molar-refractivity contribution in [1.82, 2.24) is 5.43 Å². The first kappa shape index (κ1) is 25.6. The number of carbonyl (C=O) groups is 2. The monoisotopic (exact) mass is 543 g/mol. The van der Waals surface area contributed by atoms with E-state index in [0.29, 0.717) is 27.4 Å². The Balaban J connectivity index is 1.02.